The molecular formula is C23H34N2O7S. The Balaban J connectivity index is 2.07. The van der Waals surface area contributed by atoms with Crippen molar-refractivity contribution >= 4 is 34.7 Å². The van der Waals surface area contributed by atoms with Crippen LogP contribution in [0.3, 0.4) is 0 Å². The number of hydrogen-bond donors (Lipinski definition) is 2. The first kappa shape index (κ1) is 27.1. The summed E-state index contributed by atoms with van der Waals surface area (Å²) in [5.41, 5.74) is -0.866. The Bertz CT molecular complexity index is 821. The molecule has 1 saturated heterocycles. The standard InChI is InChI=1S/C23H34N2O7S/c1-14(2)9-16(20(27)23(3)13-32-23)24-21(28)15(11-30-4)10-18(26)17(12-31-5)25-22(29)19-7-6-8-33-19/h6-8,14-17H,9-13H2,1-5H3,(H,24,28)(H,25,29)/t15-,16-,17-,23+/m0/s1. The summed E-state index contributed by atoms with van der Waals surface area (Å²) < 4.78 is 15.5. The monoisotopic (exact) mass is 482 g/mol. The summed E-state index contributed by atoms with van der Waals surface area (Å²) in [6.45, 7) is 5.93. The molecule has 2 amide bonds. The number of amides is 2. The number of ketones is 2. The molecule has 1 aliphatic rings. The van der Waals surface area contributed by atoms with Gasteiger partial charge in [-0.25, -0.2) is 0 Å². The molecule has 9 nitrogen and oxygen atoms in total. The maximum atomic E-state index is 13.0. The van der Waals surface area contributed by atoms with Gasteiger partial charge in [-0.2, -0.15) is 0 Å². The van der Waals surface area contributed by atoms with Crippen LogP contribution in [0.25, 0.3) is 0 Å². The van der Waals surface area contributed by atoms with E-state index in [0.29, 0.717) is 17.9 Å². The smallest absolute Gasteiger partial charge is 0.262 e. The predicted octanol–water partition coefficient (Wildman–Crippen LogP) is 1.60. The summed E-state index contributed by atoms with van der Waals surface area (Å²) in [4.78, 5) is 51.7. The van der Waals surface area contributed by atoms with Gasteiger partial charge < -0.3 is 24.8 Å². The van der Waals surface area contributed by atoms with Gasteiger partial charge in [0, 0.05) is 20.6 Å². The molecule has 10 heteroatoms. The Hall–Kier alpha value is -2.14. The fourth-order valence-electron chi connectivity index (χ4n) is 3.44. The topological polar surface area (TPSA) is 123 Å². The van der Waals surface area contributed by atoms with Gasteiger partial charge in [-0.1, -0.05) is 19.9 Å². The third kappa shape index (κ3) is 7.99. The number of carbonyl (C=O) groups excluding carboxylic acids is 4. The Morgan fingerprint density at radius 3 is 2.30 bits per heavy atom. The third-order valence-corrected chi connectivity index (χ3v) is 6.27. The molecule has 0 radical (unpaired) electrons. The van der Waals surface area contributed by atoms with Gasteiger partial charge in [0.2, 0.25) is 5.91 Å². The lowest BCUT2D eigenvalue weighted by Gasteiger charge is -2.25. The van der Waals surface area contributed by atoms with E-state index in [4.69, 9.17) is 14.2 Å². The second kappa shape index (κ2) is 12.4. The number of ether oxygens (including phenoxy) is 3. The van der Waals surface area contributed by atoms with Gasteiger partial charge in [0.15, 0.2) is 11.6 Å². The molecule has 1 aromatic rings. The van der Waals surface area contributed by atoms with Crippen molar-refractivity contribution in [3.05, 3.63) is 22.4 Å². The molecular weight excluding hydrogens is 448 g/mol. The van der Waals surface area contributed by atoms with E-state index in [0.717, 1.165) is 0 Å². The average Bonchev–Trinajstić information content (AvgIpc) is 3.27. The molecule has 0 spiro atoms. The second-order valence-corrected chi connectivity index (χ2v) is 9.80. The van der Waals surface area contributed by atoms with E-state index in [-0.39, 0.29) is 43.0 Å². The van der Waals surface area contributed by atoms with Crippen molar-refractivity contribution in [2.75, 3.05) is 34.0 Å². The minimum absolute atomic E-state index is 0.00744. The third-order valence-electron chi connectivity index (χ3n) is 5.40. The second-order valence-electron chi connectivity index (χ2n) is 8.86. The molecule has 2 rings (SSSR count). The minimum atomic E-state index is -0.913. The van der Waals surface area contributed by atoms with Crippen LogP contribution in [-0.2, 0) is 28.6 Å². The van der Waals surface area contributed by atoms with E-state index in [9.17, 15) is 19.2 Å². The summed E-state index contributed by atoms with van der Waals surface area (Å²) in [7, 11) is 2.87. The van der Waals surface area contributed by atoms with Crippen LogP contribution >= 0.6 is 11.3 Å². The number of methoxy groups -OCH3 is 2. The number of carbonyl (C=O) groups is 4. The van der Waals surface area contributed by atoms with E-state index < -0.39 is 29.5 Å². The first-order valence-corrected chi connectivity index (χ1v) is 11.8. The lowest BCUT2D eigenvalue weighted by atomic mass is 9.92. The average molecular weight is 483 g/mol. The molecule has 0 bridgehead atoms. The van der Waals surface area contributed by atoms with Gasteiger partial charge in [-0.05, 0) is 30.7 Å². The molecule has 2 heterocycles. The van der Waals surface area contributed by atoms with Gasteiger partial charge in [-0.15, -0.1) is 11.3 Å². The van der Waals surface area contributed by atoms with E-state index in [2.05, 4.69) is 10.6 Å². The molecule has 2 N–H and O–H groups in total. The van der Waals surface area contributed by atoms with Crippen molar-refractivity contribution in [1.82, 2.24) is 10.6 Å². The summed E-state index contributed by atoms with van der Waals surface area (Å²) >= 11 is 1.26. The van der Waals surface area contributed by atoms with Gasteiger partial charge in [0.25, 0.3) is 5.91 Å². The number of epoxide rings is 1. The highest BCUT2D eigenvalue weighted by atomic mass is 32.1. The number of thiophene rings is 1. The van der Waals surface area contributed by atoms with Gasteiger partial charge in [0.05, 0.1) is 36.7 Å². The number of Topliss-reactive ketones (excluding diaryl/α,β-unsaturated/α-hetero) is 2. The van der Waals surface area contributed by atoms with Gasteiger partial charge in [-0.3, -0.25) is 19.2 Å². The lowest BCUT2D eigenvalue weighted by molar-refractivity contribution is -0.135. The molecule has 1 fully saturated rings. The number of rotatable bonds is 15. The Kier molecular flexibility index (Phi) is 10.2. The minimum Gasteiger partial charge on any atom is -0.384 e. The first-order valence-electron chi connectivity index (χ1n) is 10.9. The van der Waals surface area contributed by atoms with Crippen molar-refractivity contribution in [1.29, 1.82) is 0 Å². The van der Waals surface area contributed by atoms with E-state index in [1.54, 1.807) is 24.4 Å². The molecule has 0 aromatic carbocycles. The predicted molar refractivity (Wildman–Crippen MR) is 123 cm³/mol. The molecule has 0 unspecified atom stereocenters. The Labute approximate surface area is 198 Å². The van der Waals surface area contributed by atoms with Gasteiger partial charge in [0.1, 0.15) is 11.6 Å². The van der Waals surface area contributed by atoms with Crippen molar-refractivity contribution in [2.24, 2.45) is 11.8 Å². The van der Waals surface area contributed by atoms with Crippen LogP contribution in [0.2, 0.25) is 0 Å². The van der Waals surface area contributed by atoms with Crippen molar-refractivity contribution < 1.29 is 33.4 Å². The fourth-order valence-corrected chi connectivity index (χ4v) is 4.07. The molecule has 1 aromatic heterocycles. The SMILES string of the molecule is COC[C@H](CC(=O)[C@H](COC)NC(=O)c1cccs1)C(=O)N[C@@H](CC(C)C)C(=O)[C@@]1(C)CO1. The van der Waals surface area contributed by atoms with Crippen molar-refractivity contribution in [3.63, 3.8) is 0 Å². The zero-order valence-electron chi connectivity index (χ0n) is 19.8. The molecule has 0 aliphatic carbocycles. The number of hydrogen-bond acceptors (Lipinski definition) is 8. The molecule has 4 atom stereocenters. The number of nitrogens with one attached hydrogen (secondary N) is 2. The van der Waals surface area contributed by atoms with E-state index in [1.165, 1.54) is 25.6 Å². The summed E-state index contributed by atoms with van der Waals surface area (Å²) in [6.07, 6.45) is 0.287. The van der Waals surface area contributed by atoms with Crippen LogP contribution in [0.5, 0.6) is 0 Å². The van der Waals surface area contributed by atoms with Crippen LogP contribution in [0.1, 0.15) is 43.3 Å². The molecule has 1 aliphatic heterocycles. The highest BCUT2D eigenvalue weighted by Gasteiger charge is 2.50. The lowest BCUT2D eigenvalue weighted by Crippen LogP contribution is -2.50. The first-order chi connectivity index (χ1) is 15.6. The van der Waals surface area contributed by atoms with Gasteiger partial charge >= 0.3 is 0 Å². The maximum Gasteiger partial charge on any atom is 0.262 e. The Morgan fingerprint density at radius 2 is 1.79 bits per heavy atom. The highest BCUT2D eigenvalue weighted by Crippen LogP contribution is 2.29. The quantitative estimate of drug-likeness (QED) is 0.364. The largest absolute Gasteiger partial charge is 0.384 e. The Morgan fingerprint density at radius 1 is 1.12 bits per heavy atom. The van der Waals surface area contributed by atoms with Crippen LogP contribution in [0.4, 0.5) is 0 Å². The van der Waals surface area contributed by atoms with Crippen LogP contribution in [-0.4, -0.2) is 75.1 Å². The van der Waals surface area contributed by atoms with Crippen LogP contribution in [0.15, 0.2) is 17.5 Å². The zero-order chi connectivity index (χ0) is 24.6. The zero-order valence-corrected chi connectivity index (χ0v) is 20.7. The van der Waals surface area contributed by atoms with E-state index >= 15 is 0 Å². The molecule has 33 heavy (non-hydrogen) atoms. The maximum absolute atomic E-state index is 13.0. The highest BCUT2D eigenvalue weighted by molar-refractivity contribution is 7.12. The summed E-state index contributed by atoms with van der Waals surface area (Å²) in [5, 5.41) is 7.24. The summed E-state index contributed by atoms with van der Waals surface area (Å²) in [5.74, 6) is -2.02. The van der Waals surface area contributed by atoms with Crippen LogP contribution < -0.4 is 10.6 Å². The molecule has 184 valence electrons. The summed E-state index contributed by atoms with van der Waals surface area (Å²) in [6, 6.07) is 1.77. The van der Waals surface area contributed by atoms with Crippen molar-refractivity contribution in [2.45, 2.75) is 51.3 Å². The normalized spacial score (nSPS) is 20.1. The fraction of sp³-hybridized carbons (Fsp3) is 0.652. The van der Waals surface area contributed by atoms with Crippen LogP contribution in [0, 0.1) is 11.8 Å². The molecule has 0 saturated carbocycles. The van der Waals surface area contributed by atoms with E-state index in [1.807, 2.05) is 13.8 Å². The van der Waals surface area contributed by atoms with Crippen molar-refractivity contribution in [3.8, 4) is 0 Å².